The molecule has 0 spiro atoms. The second-order valence-electron chi connectivity index (χ2n) is 7.02. The molecular formula is C22H24. The van der Waals surface area contributed by atoms with Crippen molar-refractivity contribution in [3.8, 4) is 0 Å². The first-order valence-corrected chi connectivity index (χ1v) is 8.02. The van der Waals surface area contributed by atoms with Gasteiger partial charge in [0.25, 0.3) is 0 Å². The van der Waals surface area contributed by atoms with Gasteiger partial charge in [-0.15, -0.1) is 0 Å². The van der Waals surface area contributed by atoms with Crippen molar-refractivity contribution in [3.63, 3.8) is 0 Å². The van der Waals surface area contributed by atoms with Crippen molar-refractivity contribution >= 4 is 17.7 Å². The van der Waals surface area contributed by atoms with Crippen LogP contribution in [0.1, 0.15) is 55.0 Å². The van der Waals surface area contributed by atoms with E-state index in [9.17, 15) is 0 Å². The first-order valence-electron chi connectivity index (χ1n) is 8.02. The van der Waals surface area contributed by atoms with Gasteiger partial charge in [-0.2, -0.15) is 0 Å². The number of rotatable bonds is 2. The molecule has 2 aromatic carbocycles. The van der Waals surface area contributed by atoms with Crippen LogP contribution < -0.4 is 0 Å². The van der Waals surface area contributed by atoms with Crippen LogP contribution in [0, 0.1) is 6.92 Å². The van der Waals surface area contributed by atoms with Crippen molar-refractivity contribution in [1.82, 2.24) is 0 Å². The third-order valence-electron chi connectivity index (χ3n) is 4.66. The minimum absolute atomic E-state index is 0.244. The number of allylic oxidation sites excluding steroid dienone is 2. The fraction of sp³-hybridized carbons (Fsp3) is 0.273. The molecule has 2 aromatic rings. The van der Waals surface area contributed by atoms with Crippen molar-refractivity contribution in [3.05, 3.63) is 76.4 Å². The summed E-state index contributed by atoms with van der Waals surface area (Å²) in [6, 6.07) is 15.5. The van der Waals surface area contributed by atoms with Gasteiger partial charge < -0.3 is 0 Å². The van der Waals surface area contributed by atoms with E-state index in [0.29, 0.717) is 0 Å². The van der Waals surface area contributed by atoms with E-state index in [2.05, 4.69) is 88.4 Å². The number of aryl methyl sites for hydroxylation is 1. The highest BCUT2D eigenvalue weighted by Gasteiger charge is 2.26. The standard InChI is InChI=1S/C22H24/c1-16-5-7-18(8-6-16)9-10-19-11-12-21-20(15-19)17(2)13-14-22(21,3)4/h5-13,15H,14H2,1-4H3/b10-9+. The molecule has 1 aliphatic carbocycles. The van der Waals surface area contributed by atoms with Gasteiger partial charge in [0.1, 0.15) is 0 Å². The van der Waals surface area contributed by atoms with E-state index in [0.717, 1.165) is 6.42 Å². The highest BCUT2D eigenvalue weighted by Crippen LogP contribution is 2.39. The van der Waals surface area contributed by atoms with Crippen LogP contribution in [0.15, 0.2) is 48.5 Å². The lowest BCUT2D eigenvalue weighted by Crippen LogP contribution is -2.21. The van der Waals surface area contributed by atoms with Crippen LogP contribution in [0.3, 0.4) is 0 Å². The Hall–Kier alpha value is -2.08. The Balaban J connectivity index is 1.93. The molecule has 0 atom stereocenters. The molecule has 0 saturated carbocycles. The topological polar surface area (TPSA) is 0 Å². The van der Waals surface area contributed by atoms with Gasteiger partial charge in [0.15, 0.2) is 0 Å². The first kappa shape index (κ1) is 14.8. The molecule has 0 radical (unpaired) electrons. The highest BCUT2D eigenvalue weighted by molar-refractivity contribution is 5.76. The molecule has 1 aliphatic rings. The Labute approximate surface area is 134 Å². The Morgan fingerprint density at radius 3 is 2.23 bits per heavy atom. The summed E-state index contributed by atoms with van der Waals surface area (Å²) in [5.74, 6) is 0. The van der Waals surface area contributed by atoms with Gasteiger partial charge in [0.2, 0.25) is 0 Å². The third-order valence-corrected chi connectivity index (χ3v) is 4.66. The lowest BCUT2D eigenvalue weighted by atomic mass is 9.73. The average molecular weight is 288 g/mol. The van der Waals surface area contributed by atoms with Gasteiger partial charge in [-0.05, 0) is 59.6 Å². The van der Waals surface area contributed by atoms with Gasteiger partial charge in [-0.3, -0.25) is 0 Å². The van der Waals surface area contributed by atoms with Crippen molar-refractivity contribution in [2.24, 2.45) is 0 Å². The van der Waals surface area contributed by atoms with Gasteiger partial charge >= 0.3 is 0 Å². The van der Waals surface area contributed by atoms with Gasteiger partial charge in [0, 0.05) is 0 Å². The summed E-state index contributed by atoms with van der Waals surface area (Å²) in [4.78, 5) is 0. The van der Waals surface area contributed by atoms with Crippen LogP contribution in [-0.4, -0.2) is 0 Å². The van der Waals surface area contributed by atoms with Crippen molar-refractivity contribution in [1.29, 1.82) is 0 Å². The Morgan fingerprint density at radius 2 is 1.50 bits per heavy atom. The normalized spacial score (nSPS) is 16.5. The van der Waals surface area contributed by atoms with Gasteiger partial charge in [-0.25, -0.2) is 0 Å². The molecule has 0 heterocycles. The zero-order chi connectivity index (χ0) is 15.7. The first-order chi connectivity index (χ1) is 10.5. The lowest BCUT2D eigenvalue weighted by Gasteiger charge is -2.31. The van der Waals surface area contributed by atoms with Crippen LogP contribution >= 0.6 is 0 Å². The average Bonchev–Trinajstić information content (AvgIpc) is 2.51. The second kappa shape index (κ2) is 5.61. The monoisotopic (exact) mass is 288 g/mol. The highest BCUT2D eigenvalue weighted by atomic mass is 14.3. The lowest BCUT2D eigenvalue weighted by molar-refractivity contribution is 0.527. The zero-order valence-corrected chi connectivity index (χ0v) is 14.0. The van der Waals surface area contributed by atoms with E-state index in [1.165, 1.54) is 33.4 Å². The molecular weight excluding hydrogens is 264 g/mol. The Kier molecular flexibility index (Phi) is 3.78. The van der Waals surface area contributed by atoms with E-state index >= 15 is 0 Å². The van der Waals surface area contributed by atoms with Crippen molar-refractivity contribution in [2.75, 3.05) is 0 Å². The van der Waals surface area contributed by atoms with E-state index in [1.54, 1.807) is 0 Å². The summed E-state index contributed by atoms with van der Waals surface area (Å²) in [6.45, 7) is 9.00. The molecule has 22 heavy (non-hydrogen) atoms. The number of hydrogen-bond donors (Lipinski definition) is 0. The molecule has 0 unspecified atom stereocenters. The molecule has 0 nitrogen and oxygen atoms in total. The smallest absolute Gasteiger partial charge is 0.00629 e. The maximum Gasteiger partial charge on any atom is -0.00629 e. The molecule has 112 valence electrons. The second-order valence-corrected chi connectivity index (χ2v) is 7.02. The van der Waals surface area contributed by atoms with Crippen molar-refractivity contribution in [2.45, 2.75) is 39.5 Å². The van der Waals surface area contributed by atoms with Crippen LogP contribution in [0.25, 0.3) is 17.7 Å². The Bertz CT molecular complexity index is 740. The van der Waals surface area contributed by atoms with E-state index in [1.807, 2.05) is 0 Å². The molecule has 0 aromatic heterocycles. The molecule has 0 N–H and O–H groups in total. The number of hydrogen-bond acceptors (Lipinski definition) is 0. The zero-order valence-electron chi connectivity index (χ0n) is 14.0. The largest absolute Gasteiger partial charge is 0.0801 e. The number of benzene rings is 2. The Morgan fingerprint density at radius 1 is 0.864 bits per heavy atom. The van der Waals surface area contributed by atoms with Gasteiger partial charge in [-0.1, -0.05) is 74.0 Å². The predicted molar refractivity (Wildman–Crippen MR) is 97.8 cm³/mol. The quantitative estimate of drug-likeness (QED) is 0.573. The summed E-state index contributed by atoms with van der Waals surface area (Å²) < 4.78 is 0. The summed E-state index contributed by atoms with van der Waals surface area (Å²) in [7, 11) is 0. The fourth-order valence-electron chi connectivity index (χ4n) is 3.08. The van der Waals surface area contributed by atoms with Crippen LogP contribution in [0.2, 0.25) is 0 Å². The molecule has 0 aliphatic heterocycles. The van der Waals surface area contributed by atoms with Crippen LogP contribution in [-0.2, 0) is 5.41 Å². The maximum absolute atomic E-state index is 2.37. The SMILES string of the molecule is CC1=CCC(C)(C)c2ccc(/C=C/c3ccc(C)cc3)cc21. The summed E-state index contributed by atoms with van der Waals surface area (Å²) in [6.07, 6.45) is 7.90. The van der Waals surface area contributed by atoms with Crippen LogP contribution in [0.4, 0.5) is 0 Å². The van der Waals surface area contributed by atoms with E-state index in [-0.39, 0.29) is 5.41 Å². The molecule has 0 heteroatoms. The van der Waals surface area contributed by atoms with Gasteiger partial charge in [0.05, 0.1) is 0 Å². The van der Waals surface area contributed by atoms with Crippen LogP contribution in [0.5, 0.6) is 0 Å². The summed E-state index contributed by atoms with van der Waals surface area (Å²) in [5, 5.41) is 0. The predicted octanol–water partition coefficient (Wildman–Crippen LogP) is 6.25. The molecule has 0 fully saturated rings. The molecule has 3 rings (SSSR count). The summed E-state index contributed by atoms with van der Waals surface area (Å²) >= 11 is 0. The van der Waals surface area contributed by atoms with E-state index in [4.69, 9.17) is 0 Å². The minimum Gasteiger partial charge on any atom is -0.0801 e. The molecule has 0 bridgehead atoms. The summed E-state index contributed by atoms with van der Waals surface area (Å²) in [5.41, 5.74) is 8.34. The minimum atomic E-state index is 0.244. The van der Waals surface area contributed by atoms with Crippen molar-refractivity contribution < 1.29 is 0 Å². The fourth-order valence-corrected chi connectivity index (χ4v) is 3.08. The third kappa shape index (κ3) is 2.92. The van der Waals surface area contributed by atoms with E-state index < -0.39 is 0 Å². The number of fused-ring (bicyclic) bond motifs is 1. The molecule has 0 amide bonds. The maximum atomic E-state index is 2.37. The molecule has 0 saturated heterocycles.